The molecule has 0 spiro atoms. The summed E-state index contributed by atoms with van der Waals surface area (Å²) in [5, 5.41) is 19.8. The number of fused-ring (bicyclic) bond motifs is 1. The highest BCUT2D eigenvalue weighted by atomic mass is 79.9. The van der Waals surface area contributed by atoms with Crippen LogP contribution >= 0.6 is 27.3 Å². The standard InChI is InChI=1S/C24H24BrF3N4O4S/c1-4-36-23(35)19-11(2)20(12(3)33)37-22(19)30-21(34)16-10-18-29-15(13-5-7-14(25)8-6-13)9-17(24(26,27)28)32(18)31-16/h5-8,10,12,15,17,29,33H,4,9H2,1-3H3,(H,30,34)/t12-,15-,17+/m1/s1. The number of amides is 1. The number of carbonyl (C=O) groups is 2. The van der Waals surface area contributed by atoms with Gasteiger partial charge in [-0.25, -0.2) is 9.48 Å². The number of benzene rings is 1. The molecule has 1 aromatic carbocycles. The maximum Gasteiger partial charge on any atom is 0.410 e. The number of hydrogen-bond acceptors (Lipinski definition) is 7. The molecule has 0 radical (unpaired) electrons. The first-order valence-corrected chi connectivity index (χ1v) is 13.0. The number of esters is 1. The third-order valence-electron chi connectivity index (χ3n) is 5.96. The summed E-state index contributed by atoms with van der Waals surface area (Å²) < 4.78 is 48.7. The minimum Gasteiger partial charge on any atom is -0.462 e. The fourth-order valence-corrected chi connectivity index (χ4v) is 5.62. The maximum absolute atomic E-state index is 14.0. The summed E-state index contributed by atoms with van der Waals surface area (Å²) in [7, 11) is 0. The molecule has 0 fully saturated rings. The summed E-state index contributed by atoms with van der Waals surface area (Å²) in [5.41, 5.74) is 0.943. The summed E-state index contributed by atoms with van der Waals surface area (Å²) in [5.74, 6) is -1.43. The molecule has 2 aromatic heterocycles. The molecule has 198 valence electrons. The number of nitrogens with zero attached hydrogens (tertiary/aromatic N) is 2. The van der Waals surface area contributed by atoms with E-state index < -0.39 is 36.2 Å². The molecule has 0 bridgehead atoms. The Balaban J connectivity index is 1.67. The molecule has 13 heteroatoms. The van der Waals surface area contributed by atoms with Crippen molar-refractivity contribution in [3.05, 3.63) is 62.1 Å². The van der Waals surface area contributed by atoms with Gasteiger partial charge in [-0.3, -0.25) is 4.79 Å². The molecule has 1 aliphatic rings. The molecular formula is C24H24BrF3N4O4S. The number of nitrogens with one attached hydrogen (secondary N) is 2. The number of thiophene rings is 1. The minimum absolute atomic E-state index is 0.0456. The first kappa shape index (κ1) is 27.1. The van der Waals surface area contributed by atoms with E-state index in [1.54, 1.807) is 38.1 Å². The van der Waals surface area contributed by atoms with Crippen molar-refractivity contribution in [1.82, 2.24) is 9.78 Å². The Morgan fingerprint density at radius 1 is 1.35 bits per heavy atom. The Morgan fingerprint density at radius 3 is 2.62 bits per heavy atom. The van der Waals surface area contributed by atoms with Gasteiger partial charge in [0.1, 0.15) is 10.8 Å². The SMILES string of the molecule is CCOC(=O)c1c(NC(=O)c2cc3n(n2)[C@H](C(F)(F)F)C[C@H](c2ccc(Br)cc2)N3)sc([C@@H](C)O)c1C. The van der Waals surface area contributed by atoms with Crippen LogP contribution in [0.25, 0.3) is 0 Å². The van der Waals surface area contributed by atoms with Gasteiger partial charge in [0.15, 0.2) is 11.7 Å². The third kappa shape index (κ3) is 5.53. The average Bonchev–Trinajstić information content (AvgIpc) is 3.39. The van der Waals surface area contributed by atoms with Gasteiger partial charge in [0, 0.05) is 21.8 Å². The highest BCUT2D eigenvalue weighted by molar-refractivity contribution is 9.10. The third-order valence-corrected chi connectivity index (χ3v) is 7.87. The summed E-state index contributed by atoms with van der Waals surface area (Å²) in [6, 6.07) is 5.60. The lowest BCUT2D eigenvalue weighted by atomic mass is 9.97. The smallest absolute Gasteiger partial charge is 0.410 e. The molecule has 37 heavy (non-hydrogen) atoms. The maximum atomic E-state index is 14.0. The van der Waals surface area contributed by atoms with Crippen LogP contribution in [0.1, 0.15) is 75.3 Å². The van der Waals surface area contributed by atoms with Gasteiger partial charge >= 0.3 is 12.1 Å². The second kappa shape index (κ2) is 10.5. The predicted octanol–water partition coefficient (Wildman–Crippen LogP) is 6.16. The molecule has 0 saturated heterocycles. The van der Waals surface area contributed by atoms with Gasteiger partial charge in [0.05, 0.1) is 24.3 Å². The van der Waals surface area contributed by atoms with Crippen LogP contribution in [0.2, 0.25) is 0 Å². The number of anilines is 2. The lowest BCUT2D eigenvalue weighted by Gasteiger charge is -2.33. The van der Waals surface area contributed by atoms with E-state index in [0.29, 0.717) is 16.0 Å². The van der Waals surface area contributed by atoms with Crippen LogP contribution in [0.5, 0.6) is 0 Å². The first-order chi connectivity index (χ1) is 17.4. The number of alkyl halides is 3. The number of carbonyl (C=O) groups excluding carboxylic acids is 2. The molecule has 3 N–H and O–H groups in total. The highest BCUT2D eigenvalue weighted by Crippen LogP contribution is 2.44. The Bertz CT molecular complexity index is 1320. The highest BCUT2D eigenvalue weighted by Gasteiger charge is 2.47. The zero-order chi connectivity index (χ0) is 27.1. The van der Waals surface area contributed by atoms with E-state index in [1.807, 2.05) is 0 Å². The van der Waals surface area contributed by atoms with E-state index in [-0.39, 0.29) is 35.1 Å². The van der Waals surface area contributed by atoms with Gasteiger partial charge in [-0.05, 0) is 44.0 Å². The van der Waals surface area contributed by atoms with E-state index in [9.17, 15) is 27.9 Å². The largest absolute Gasteiger partial charge is 0.462 e. The van der Waals surface area contributed by atoms with Crippen molar-refractivity contribution in [2.75, 3.05) is 17.2 Å². The van der Waals surface area contributed by atoms with Crippen LogP contribution < -0.4 is 10.6 Å². The first-order valence-electron chi connectivity index (χ1n) is 11.4. The van der Waals surface area contributed by atoms with Crippen molar-refractivity contribution >= 4 is 50.0 Å². The van der Waals surface area contributed by atoms with Gasteiger partial charge in [-0.1, -0.05) is 28.1 Å². The second-order valence-corrected chi connectivity index (χ2v) is 10.5. The van der Waals surface area contributed by atoms with Crippen LogP contribution in [-0.2, 0) is 4.74 Å². The number of rotatable bonds is 6. The van der Waals surface area contributed by atoms with Crippen molar-refractivity contribution in [2.45, 2.75) is 51.6 Å². The monoisotopic (exact) mass is 600 g/mol. The second-order valence-electron chi connectivity index (χ2n) is 8.55. The van der Waals surface area contributed by atoms with Crippen molar-refractivity contribution in [2.24, 2.45) is 0 Å². The van der Waals surface area contributed by atoms with Crippen LogP contribution in [0.3, 0.4) is 0 Å². The van der Waals surface area contributed by atoms with E-state index in [1.165, 1.54) is 13.0 Å². The predicted molar refractivity (Wildman–Crippen MR) is 136 cm³/mol. The summed E-state index contributed by atoms with van der Waals surface area (Å²) in [4.78, 5) is 26.1. The van der Waals surface area contributed by atoms with E-state index in [4.69, 9.17) is 4.74 Å². The Labute approximate surface area is 222 Å². The molecule has 0 unspecified atom stereocenters. The number of aromatic nitrogens is 2. The van der Waals surface area contributed by atoms with Gasteiger partial charge in [-0.2, -0.15) is 18.3 Å². The topological polar surface area (TPSA) is 105 Å². The van der Waals surface area contributed by atoms with Gasteiger partial charge in [0.25, 0.3) is 5.91 Å². The molecule has 8 nitrogen and oxygen atoms in total. The molecule has 4 rings (SSSR count). The molecule has 3 heterocycles. The summed E-state index contributed by atoms with van der Waals surface area (Å²) >= 11 is 4.31. The lowest BCUT2D eigenvalue weighted by molar-refractivity contribution is -0.173. The van der Waals surface area contributed by atoms with Crippen molar-refractivity contribution in [3.8, 4) is 0 Å². The number of ether oxygens (including phenoxy) is 1. The number of hydrogen-bond donors (Lipinski definition) is 3. The van der Waals surface area contributed by atoms with E-state index >= 15 is 0 Å². The van der Waals surface area contributed by atoms with Crippen LogP contribution in [0.4, 0.5) is 24.0 Å². The molecule has 0 aliphatic carbocycles. The van der Waals surface area contributed by atoms with Gasteiger partial charge in [0.2, 0.25) is 0 Å². The van der Waals surface area contributed by atoms with Crippen LogP contribution in [0.15, 0.2) is 34.8 Å². The van der Waals surface area contributed by atoms with Crippen LogP contribution in [-0.4, -0.2) is 39.5 Å². The fourth-order valence-electron chi connectivity index (χ4n) is 4.23. The average molecular weight is 601 g/mol. The molecule has 3 aromatic rings. The Hall–Kier alpha value is -2.90. The molecule has 1 aliphatic heterocycles. The minimum atomic E-state index is -4.60. The van der Waals surface area contributed by atoms with Crippen molar-refractivity contribution in [3.63, 3.8) is 0 Å². The summed E-state index contributed by atoms with van der Waals surface area (Å²) in [6.45, 7) is 4.88. The Kier molecular flexibility index (Phi) is 7.67. The summed E-state index contributed by atoms with van der Waals surface area (Å²) in [6.07, 6.45) is -5.82. The van der Waals surface area contributed by atoms with Crippen LogP contribution in [0, 0.1) is 6.92 Å². The van der Waals surface area contributed by atoms with Crippen molar-refractivity contribution < 1.29 is 32.6 Å². The molecule has 3 atom stereocenters. The zero-order valence-corrected chi connectivity index (χ0v) is 22.4. The van der Waals surface area contributed by atoms with E-state index in [2.05, 4.69) is 31.7 Å². The fraction of sp³-hybridized carbons (Fsp3) is 0.375. The normalized spacial score (nSPS) is 18.1. The quantitative estimate of drug-likeness (QED) is 0.293. The zero-order valence-electron chi connectivity index (χ0n) is 20.0. The van der Waals surface area contributed by atoms with Gasteiger partial charge in [-0.15, -0.1) is 11.3 Å². The van der Waals surface area contributed by atoms with E-state index in [0.717, 1.165) is 20.5 Å². The van der Waals surface area contributed by atoms with Crippen molar-refractivity contribution in [1.29, 1.82) is 0 Å². The molecule has 0 saturated carbocycles. The van der Waals surface area contributed by atoms with Gasteiger partial charge < -0.3 is 20.5 Å². The number of aliphatic hydroxyl groups is 1. The number of halogens is 4. The lowest BCUT2D eigenvalue weighted by Crippen LogP contribution is -2.35. The Morgan fingerprint density at radius 2 is 2.03 bits per heavy atom. The number of aliphatic hydroxyl groups excluding tert-OH is 1. The molecular weight excluding hydrogens is 577 g/mol. The molecule has 1 amide bonds.